The van der Waals surface area contributed by atoms with Gasteiger partial charge in [0, 0.05) is 16.2 Å². The van der Waals surface area contributed by atoms with E-state index < -0.39 is 0 Å². The molecular weight excluding hydrogens is 168 g/mol. The number of aliphatic hydroxyl groups excluding tert-OH is 1. The lowest BCUT2D eigenvalue weighted by Crippen LogP contribution is -2.01. The van der Waals surface area contributed by atoms with Crippen molar-refractivity contribution in [2.24, 2.45) is 0 Å². The molecule has 1 aromatic heterocycles. The summed E-state index contributed by atoms with van der Waals surface area (Å²) >= 11 is 1.83. The molecule has 0 fully saturated rings. The number of aryl methyl sites for hydroxylation is 1. The van der Waals surface area contributed by atoms with Gasteiger partial charge in [0.15, 0.2) is 0 Å². The molecule has 0 radical (unpaired) electrons. The summed E-state index contributed by atoms with van der Waals surface area (Å²) in [5, 5.41) is 9.15. The van der Waals surface area contributed by atoms with Gasteiger partial charge in [0.2, 0.25) is 0 Å². The van der Waals surface area contributed by atoms with Crippen LogP contribution in [-0.4, -0.2) is 11.2 Å². The van der Waals surface area contributed by atoms with Crippen molar-refractivity contribution < 1.29 is 5.11 Å². The van der Waals surface area contributed by atoms with Gasteiger partial charge >= 0.3 is 0 Å². The topological polar surface area (TPSA) is 20.2 Å². The molecule has 12 heavy (non-hydrogen) atoms. The molecule has 0 aliphatic carbocycles. The minimum Gasteiger partial charge on any atom is -0.393 e. The second-order valence-corrected chi connectivity index (χ2v) is 4.42. The maximum absolute atomic E-state index is 9.15. The molecule has 1 rings (SSSR count). The summed E-state index contributed by atoms with van der Waals surface area (Å²) in [6, 6.07) is 4.30. The summed E-state index contributed by atoms with van der Waals surface area (Å²) in [5.41, 5.74) is 0. The second kappa shape index (κ2) is 4.63. The van der Waals surface area contributed by atoms with E-state index in [2.05, 4.69) is 19.1 Å². The third-order valence-electron chi connectivity index (χ3n) is 1.71. The van der Waals surface area contributed by atoms with Crippen LogP contribution in [0.1, 0.15) is 30.0 Å². The Morgan fingerprint density at radius 1 is 1.42 bits per heavy atom. The van der Waals surface area contributed by atoms with Crippen LogP contribution in [0.3, 0.4) is 0 Å². The van der Waals surface area contributed by atoms with Crippen molar-refractivity contribution in [3.05, 3.63) is 21.9 Å². The Morgan fingerprint density at radius 2 is 2.08 bits per heavy atom. The fourth-order valence-electron chi connectivity index (χ4n) is 1.20. The van der Waals surface area contributed by atoms with Crippen LogP contribution in [0.25, 0.3) is 0 Å². The molecule has 0 bridgehead atoms. The molecule has 0 saturated heterocycles. The lowest BCUT2D eigenvalue weighted by atomic mass is 10.2. The lowest BCUT2D eigenvalue weighted by molar-refractivity contribution is 0.196. The molecule has 0 amide bonds. The Hall–Kier alpha value is -0.340. The predicted octanol–water partition coefficient (Wildman–Crippen LogP) is 2.62. The first-order chi connectivity index (χ1) is 5.72. The quantitative estimate of drug-likeness (QED) is 0.762. The van der Waals surface area contributed by atoms with Crippen molar-refractivity contribution in [1.29, 1.82) is 0 Å². The maximum atomic E-state index is 9.15. The zero-order valence-corrected chi connectivity index (χ0v) is 8.53. The van der Waals surface area contributed by atoms with Crippen LogP contribution < -0.4 is 0 Å². The van der Waals surface area contributed by atoms with E-state index in [1.807, 2.05) is 18.3 Å². The van der Waals surface area contributed by atoms with Crippen LogP contribution in [0.15, 0.2) is 12.1 Å². The Kier molecular flexibility index (Phi) is 3.76. The average Bonchev–Trinajstić information content (AvgIpc) is 2.36. The van der Waals surface area contributed by atoms with Gasteiger partial charge in [-0.05, 0) is 25.5 Å². The first-order valence-electron chi connectivity index (χ1n) is 4.48. The van der Waals surface area contributed by atoms with Gasteiger partial charge < -0.3 is 5.11 Å². The standard InChI is InChI=1S/C10H16OS/c1-3-4-9-5-6-10(12-9)7-8(2)11/h5-6,8,11H,3-4,7H2,1-2H3. The van der Waals surface area contributed by atoms with Crippen LogP contribution in [0.4, 0.5) is 0 Å². The van der Waals surface area contributed by atoms with Gasteiger partial charge in [-0.15, -0.1) is 11.3 Å². The van der Waals surface area contributed by atoms with Gasteiger partial charge in [0.1, 0.15) is 0 Å². The van der Waals surface area contributed by atoms with Crippen LogP contribution in [0.5, 0.6) is 0 Å². The highest BCUT2D eigenvalue weighted by Crippen LogP contribution is 2.19. The predicted molar refractivity (Wildman–Crippen MR) is 53.7 cm³/mol. The van der Waals surface area contributed by atoms with Crippen molar-refractivity contribution in [2.45, 2.75) is 39.2 Å². The minimum absolute atomic E-state index is 0.210. The first kappa shape index (κ1) is 9.75. The summed E-state index contributed by atoms with van der Waals surface area (Å²) in [6.07, 6.45) is 2.96. The van der Waals surface area contributed by atoms with Gasteiger partial charge in [0.05, 0.1) is 6.10 Å². The van der Waals surface area contributed by atoms with Crippen molar-refractivity contribution in [3.8, 4) is 0 Å². The fraction of sp³-hybridized carbons (Fsp3) is 0.600. The van der Waals surface area contributed by atoms with Crippen molar-refractivity contribution >= 4 is 11.3 Å². The Bertz CT molecular complexity index is 227. The molecule has 0 aliphatic heterocycles. The van der Waals surface area contributed by atoms with E-state index in [9.17, 15) is 0 Å². The molecular formula is C10H16OS. The Morgan fingerprint density at radius 3 is 2.67 bits per heavy atom. The molecule has 1 N–H and O–H groups in total. The second-order valence-electron chi connectivity index (χ2n) is 3.17. The highest BCUT2D eigenvalue weighted by molar-refractivity contribution is 7.11. The maximum Gasteiger partial charge on any atom is 0.0560 e. The molecule has 1 nitrogen and oxygen atoms in total. The van der Waals surface area contributed by atoms with Crippen LogP contribution in [-0.2, 0) is 12.8 Å². The zero-order valence-electron chi connectivity index (χ0n) is 7.71. The number of aliphatic hydroxyl groups is 1. The van der Waals surface area contributed by atoms with E-state index >= 15 is 0 Å². The van der Waals surface area contributed by atoms with E-state index in [4.69, 9.17) is 5.11 Å². The highest BCUT2D eigenvalue weighted by atomic mass is 32.1. The molecule has 1 aromatic rings. The van der Waals surface area contributed by atoms with Gasteiger partial charge in [-0.2, -0.15) is 0 Å². The molecule has 0 aromatic carbocycles. The SMILES string of the molecule is CCCc1ccc(CC(C)O)s1. The monoisotopic (exact) mass is 184 g/mol. The third kappa shape index (κ3) is 2.95. The average molecular weight is 184 g/mol. The third-order valence-corrected chi connectivity index (χ3v) is 2.88. The van der Waals surface area contributed by atoms with E-state index in [1.54, 1.807) is 0 Å². The van der Waals surface area contributed by atoms with E-state index in [1.165, 1.54) is 22.6 Å². The van der Waals surface area contributed by atoms with E-state index in [0.29, 0.717) is 0 Å². The highest BCUT2D eigenvalue weighted by Gasteiger charge is 2.02. The molecule has 1 atom stereocenters. The number of thiophene rings is 1. The number of rotatable bonds is 4. The fourth-order valence-corrected chi connectivity index (χ4v) is 2.44. The number of hydrogen-bond acceptors (Lipinski definition) is 2. The molecule has 0 spiro atoms. The van der Waals surface area contributed by atoms with Crippen molar-refractivity contribution in [1.82, 2.24) is 0 Å². The lowest BCUT2D eigenvalue weighted by Gasteiger charge is -1.99. The molecule has 2 heteroatoms. The van der Waals surface area contributed by atoms with Crippen molar-refractivity contribution in [2.75, 3.05) is 0 Å². The molecule has 0 aliphatic rings. The van der Waals surface area contributed by atoms with Crippen LogP contribution >= 0.6 is 11.3 Å². The molecule has 1 heterocycles. The summed E-state index contributed by atoms with van der Waals surface area (Å²) < 4.78 is 0. The first-order valence-corrected chi connectivity index (χ1v) is 5.29. The molecule has 0 saturated carbocycles. The van der Waals surface area contributed by atoms with Crippen LogP contribution in [0, 0.1) is 0 Å². The Labute approximate surface area is 78.1 Å². The summed E-state index contributed by atoms with van der Waals surface area (Å²) in [7, 11) is 0. The minimum atomic E-state index is -0.210. The molecule has 1 unspecified atom stereocenters. The van der Waals surface area contributed by atoms with Crippen molar-refractivity contribution in [3.63, 3.8) is 0 Å². The number of hydrogen-bond donors (Lipinski definition) is 1. The van der Waals surface area contributed by atoms with Gasteiger partial charge in [-0.25, -0.2) is 0 Å². The van der Waals surface area contributed by atoms with Gasteiger partial charge in [-0.3, -0.25) is 0 Å². The summed E-state index contributed by atoms with van der Waals surface area (Å²) in [4.78, 5) is 2.74. The molecule has 68 valence electrons. The van der Waals surface area contributed by atoms with Crippen LogP contribution in [0.2, 0.25) is 0 Å². The Balaban J connectivity index is 2.52. The van der Waals surface area contributed by atoms with Gasteiger partial charge in [-0.1, -0.05) is 13.3 Å². The largest absolute Gasteiger partial charge is 0.393 e. The van der Waals surface area contributed by atoms with E-state index in [0.717, 1.165) is 6.42 Å². The van der Waals surface area contributed by atoms with Gasteiger partial charge in [0.25, 0.3) is 0 Å². The summed E-state index contributed by atoms with van der Waals surface area (Å²) in [6.45, 7) is 4.02. The van der Waals surface area contributed by atoms with E-state index in [-0.39, 0.29) is 6.10 Å². The normalized spacial score (nSPS) is 13.2. The zero-order chi connectivity index (χ0) is 8.97. The smallest absolute Gasteiger partial charge is 0.0560 e. The summed E-state index contributed by atoms with van der Waals surface area (Å²) in [5.74, 6) is 0.